The molecule has 0 atom stereocenters. The summed E-state index contributed by atoms with van der Waals surface area (Å²) in [5, 5.41) is 1.38. The van der Waals surface area contributed by atoms with Crippen LogP contribution in [0, 0.1) is 0 Å². The summed E-state index contributed by atoms with van der Waals surface area (Å²) in [7, 11) is -0.190. The first-order valence-corrected chi connectivity index (χ1v) is 9.04. The summed E-state index contributed by atoms with van der Waals surface area (Å²) >= 11 is 0. The third-order valence-electron chi connectivity index (χ3n) is 2.89. The minimum absolute atomic E-state index is 0.334. The van der Waals surface area contributed by atoms with E-state index in [0.29, 0.717) is 12.0 Å². The van der Waals surface area contributed by atoms with Crippen LogP contribution >= 0.6 is 0 Å². The van der Waals surface area contributed by atoms with Crippen LogP contribution in [0.25, 0.3) is 0 Å². The molecule has 2 nitrogen and oxygen atoms in total. The molecule has 3 heteroatoms. The third-order valence-corrected chi connectivity index (χ3v) is 5.78. The van der Waals surface area contributed by atoms with Crippen LogP contribution in [0.4, 0.5) is 0 Å². The average Bonchev–Trinajstić information content (AvgIpc) is 2.38. The quantitative estimate of drug-likeness (QED) is 0.462. The van der Waals surface area contributed by atoms with Crippen molar-refractivity contribution in [3.8, 4) is 0 Å². The molecule has 0 saturated heterocycles. The van der Waals surface area contributed by atoms with Crippen LogP contribution in [0.2, 0.25) is 13.1 Å². The predicted octanol–water partition coefficient (Wildman–Crippen LogP) is 2.82. The smallest absolute Gasteiger partial charge is 0.333 e. The highest BCUT2D eigenvalue weighted by molar-refractivity contribution is 6.93. The van der Waals surface area contributed by atoms with Crippen LogP contribution in [0.1, 0.15) is 6.42 Å². The molecule has 0 amide bonds. The Kier molecular flexibility index (Phi) is 5.10. The van der Waals surface area contributed by atoms with Gasteiger partial charge in [0.2, 0.25) is 0 Å². The molecule has 0 aliphatic heterocycles. The second kappa shape index (κ2) is 6.35. The molecule has 0 radical (unpaired) electrons. The summed E-state index contributed by atoms with van der Waals surface area (Å²) in [6.45, 7) is 8.26. The monoisotopic (exact) mass is 260 g/mol. The molecule has 0 aliphatic rings. The van der Waals surface area contributed by atoms with Gasteiger partial charge in [-0.25, -0.2) is 4.79 Å². The third kappa shape index (κ3) is 4.00. The summed E-state index contributed by atoms with van der Waals surface area (Å²) in [5.74, 6) is -0.334. The molecule has 0 aliphatic carbocycles. The zero-order valence-electron chi connectivity index (χ0n) is 11.3. The molecule has 0 unspecified atom stereocenters. The van der Waals surface area contributed by atoms with Crippen molar-refractivity contribution < 1.29 is 9.53 Å². The Morgan fingerprint density at radius 2 is 1.94 bits per heavy atom. The van der Waals surface area contributed by atoms with Crippen molar-refractivity contribution in [3.05, 3.63) is 54.3 Å². The van der Waals surface area contributed by atoms with Gasteiger partial charge in [-0.1, -0.05) is 67.0 Å². The number of hydrogen-bond donors (Lipinski definition) is 0. The molecule has 1 aromatic rings. The van der Waals surface area contributed by atoms with Crippen molar-refractivity contribution in [2.45, 2.75) is 19.5 Å². The molecule has 0 bridgehead atoms. The molecule has 0 saturated carbocycles. The highest BCUT2D eigenvalue weighted by atomic mass is 28.3. The van der Waals surface area contributed by atoms with Crippen LogP contribution in [0.15, 0.2) is 54.3 Å². The lowest BCUT2D eigenvalue weighted by atomic mass is 10.2. The van der Waals surface area contributed by atoms with Gasteiger partial charge in [0.05, 0.1) is 7.11 Å². The van der Waals surface area contributed by atoms with E-state index >= 15 is 0 Å². The van der Waals surface area contributed by atoms with E-state index in [1.54, 1.807) is 0 Å². The predicted molar refractivity (Wildman–Crippen MR) is 78.5 cm³/mol. The summed E-state index contributed by atoms with van der Waals surface area (Å²) in [4.78, 5) is 11.2. The SMILES string of the molecule is C=C(C/C=C/[Si](C)(C)c1ccccc1)C(=O)OC. The molecule has 18 heavy (non-hydrogen) atoms. The maximum atomic E-state index is 11.2. The van der Waals surface area contributed by atoms with Crippen LogP contribution in [0.5, 0.6) is 0 Å². The van der Waals surface area contributed by atoms with Crippen molar-refractivity contribution in [1.29, 1.82) is 0 Å². The highest BCUT2D eigenvalue weighted by Gasteiger charge is 2.19. The molecule has 0 heterocycles. The van der Waals surface area contributed by atoms with Gasteiger partial charge in [-0.3, -0.25) is 0 Å². The fourth-order valence-corrected chi connectivity index (χ4v) is 3.64. The van der Waals surface area contributed by atoms with Gasteiger partial charge < -0.3 is 4.74 Å². The van der Waals surface area contributed by atoms with Gasteiger partial charge in [0.25, 0.3) is 0 Å². The van der Waals surface area contributed by atoms with Crippen molar-refractivity contribution in [2.75, 3.05) is 7.11 Å². The normalized spacial score (nSPS) is 11.5. The second-order valence-corrected chi connectivity index (χ2v) is 9.14. The average molecular weight is 260 g/mol. The van der Waals surface area contributed by atoms with Crippen molar-refractivity contribution in [1.82, 2.24) is 0 Å². The van der Waals surface area contributed by atoms with Gasteiger partial charge in [-0.2, -0.15) is 0 Å². The number of carbonyl (C=O) groups excluding carboxylic acids is 1. The first-order valence-electron chi connectivity index (χ1n) is 5.96. The van der Waals surface area contributed by atoms with E-state index in [2.05, 4.69) is 54.4 Å². The zero-order valence-corrected chi connectivity index (χ0v) is 12.3. The van der Waals surface area contributed by atoms with Crippen LogP contribution in [0.3, 0.4) is 0 Å². The van der Waals surface area contributed by atoms with Gasteiger partial charge in [-0.05, 0) is 6.42 Å². The van der Waals surface area contributed by atoms with Crippen molar-refractivity contribution in [3.63, 3.8) is 0 Å². The molecule has 0 N–H and O–H groups in total. The van der Waals surface area contributed by atoms with E-state index in [-0.39, 0.29) is 5.97 Å². The first-order chi connectivity index (χ1) is 8.47. The topological polar surface area (TPSA) is 26.3 Å². The molecule has 0 spiro atoms. The highest BCUT2D eigenvalue weighted by Crippen LogP contribution is 2.08. The Bertz CT molecular complexity index is 447. The lowest BCUT2D eigenvalue weighted by molar-refractivity contribution is -0.136. The van der Waals surface area contributed by atoms with Gasteiger partial charge in [0.1, 0.15) is 8.07 Å². The second-order valence-electron chi connectivity index (χ2n) is 4.79. The van der Waals surface area contributed by atoms with Crippen LogP contribution in [-0.2, 0) is 9.53 Å². The summed E-state index contributed by atoms with van der Waals surface area (Å²) < 4.78 is 4.62. The molecule has 0 fully saturated rings. The van der Waals surface area contributed by atoms with E-state index in [1.807, 2.05) is 12.1 Å². The molecule has 1 rings (SSSR count). The maximum Gasteiger partial charge on any atom is 0.333 e. The maximum absolute atomic E-state index is 11.2. The van der Waals surface area contributed by atoms with E-state index in [4.69, 9.17) is 0 Å². The van der Waals surface area contributed by atoms with Gasteiger partial charge >= 0.3 is 5.97 Å². The minimum Gasteiger partial charge on any atom is -0.466 e. The fourth-order valence-electron chi connectivity index (χ4n) is 1.69. The molecular weight excluding hydrogens is 240 g/mol. The Morgan fingerprint density at radius 3 is 2.50 bits per heavy atom. The van der Waals surface area contributed by atoms with Crippen molar-refractivity contribution in [2.24, 2.45) is 0 Å². The van der Waals surface area contributed by atoms with E-state index < -0.39 is 8.07 Å². The Morgan fingerprint density at radius 1 is 1.33 bits per heavy atom. The number of hydrogen-bond acceptors (Lipinski definition) is 2. The summed E-state index contributed by atoms with van der Waals surface area (Å²) in [6.07, 6.45) is 2.58. The number of carbonyl (C=O) groups is 1. The van der Waals surface area contributed by atoms with E-state index in [1.165, 1.54) is 12.3 Å². The first kappa shape index (κ1) is 14.4. The zero-order chi connectivity index (χ0) is 13.6. The van der Waals surface area contributed by atoms with Crippen LogP contribution < -0.4 is 5.19 Å². The Hall–Kier alpha value is -1.61. The van der Waals surface area contributed by atoms with Gasteiger partial charge in [-0.15, -0.1) is 0 Å². The summed E-state index contributed by atoms with van der Waals surface area (Å²) in [5.41, 5.74) is 2.72. The van der Waals surface area contributed by atoms with E-state index in [0.717, 1.165) is 0 Å². The van der Waals surface area contributed by atoms with Gasteiger partial charge in [0.15, 0.2) is 0 Å². The number of benzene rings is 1. The Labute approximate surface area is 110 Å². The number of ether oxygens (including phenoxy) is 1. The molecule has 0 aromatic heterocycles. The Balaban J connectivity index is 2.67. The molecular formula is C15H20O2Si. The molecule has 96 valence electrons. The lowest BCUT2D eigenvalue weighted by Gasteiger charge is -2.18. The molecule has 1 aromatic carbocycles. The van der Waals surface area contributed by atoms with Crippen LogP contribution in [-0.4, -0.2) is 21.2 Å². The number of allylic oxidation sites excluding steroid dienone is 1. The standard InChI is InChI=1S/C15H20O2Si/c1-13(15(16)17-2)9-8-12-18(3,4)14-10-6-5-7-11-14/h5-8,10-12H,1,9H2,2-4H3/b12-8+. The number of methoxy groups -OCH3 is 1. The number of rotatable bonds is 5. The number of esters is 1. The minimum atomic E-state index is -1.57. The van der Waals surface area contributed by atoms with E-state index in [9.17, 15) is 4.79 Å². The summed E-state index contributed by atoms with van der Waals surface area (Å²) in [6, 6.07) is 10.5. The van der Waals surface area contributed by atoms with Crippen molar-refractivity contribution >= 4 is 19.2 Å². The largest absolute Gasteiger partial charge is 0.466 e. The fraction of sp³-hybridized carbons (Fsp3) is 0.267. The van der Waals surface area contributed by atoms with Gasteiger partial charge in [0, 0.05) is 5.57 Å². The lowest BCUT2D eigenvalue weighted by Crippen LogP contribution is -2.39.